The fourth-order valence-corrected chi connectivity index (χ4v) is 2.89. The van der Waals surface area contributed by atoms with E-state index < -0.39 is 0 Å². The minimum Gasteiger partial charge on any atom is -1.00 e. The van der Waals surface area contributed by atoms with Gasteiger partial charge in [0.2, 0.25) is 0 Å². The molecule has 1 aromatic rings. The van der Waals surface area contributed by atoms with Gasteiger partial charge in [0.1, 0.15) is 0 Å². The van der Waals surface area contributed by atoms with Gasteiger partial charge in [-0.3, -0.25) is 0 Å². The summed E-state index contributed by atoms with van der Waals surface area (Å²) in [5.41, 5.74) is 0. The van der Waals surface area contributed by atoms with Crippen LogP contribution < -0.4 is 21.5 Å². The smallest absolute Gasteiger partial charge is 0.297 e. The lowest BCUT2D eigenvalue weighted by Crippen LogP contribution is -3.00. The molecule has 50 valence electrons. The maximum absolute atomic E-state index is 2.30. The average molecular weight is 224 g/mol. The van der Waals surface area contributed by atoms with Crippen LogP contribution in [0.25, 0.3) is 0 Å². The standard InChI is InChI=1S/C5H6NS2.BrH/c1-3-7-5-6(1)2-4-8-5;/h1,3H,2,4H2;1H/q+1;/p-1. The van der Waals surface area contributed by atoms with Crippen molar-refractivity contribution in [3.8, 4) is 0 Å². The number of aryl methyl sites for hydroxylation is 1. The van der Waals surface area contributed by atoms with Crippen LogP contribution in [0.1, 0.15) is 0 Å². The summed E-state index contributed by atoms with van der Waals surface area (Å²) in [4.78, 5) is 0. The highest BCUT2D eigenvalue weighted by atomic mass is 79.9. The van der Waals surface area contributed by atoms with E-state index in [1.54, 1.807) is 0 Å². The molecule has 1 nitrogen and oxygen atoms in total. The zero-order valence-electron chi connectivity index (χ0n) is 4.71. The molecule has 0 fully saturated rings. The van der Waals surface area contributed by atoms with Gasteiger partial charge in [0.25, 0.3) is 4.34 Å². The van der Waals surface area contributed by atoms with Crippen molar-refractivity contribution in [2.75, 3.05) is 5.75 Å². The Morgan fingerprint density at radius 2 is 2.44 bits per heavy atom. The summed E-state index contributed by atoms with van der Waals surface area (Å²) < 4.78 is 3.76. The van der Waals surface area contributed by atoms with E-state index in [4.69, 9.17) is 0 Å². The van der Waals surface area contributed by atoms with Crippen LogP contribution in [0.15, 0.2) is 15.9 Å². The van der Waals surface area contributed by atoms with Crippen LogP contribution in [0.4, 0.5) is 0 Å². The van der Waals surface area contributed by atoms with Gasteiger partial charge in [0.05, 0.1) is 11.1 Å². The van der Waals surface area contributed by atoms with Crippen molar-refractivity contribution < 1.29 is 21.5 Å². The summed E-state index contributed by atoms with van der Waals surface area (Å²) in [5.74, 6) is 1.27. The Kier molecular flexibility index (Phi) is 2.55. The van der Waals surface area contributed by atoms with Crippen LogP contribution in [-0.2, 0) is 6.54 Å². The van der Waals surface area contributed by atoms with Gasteiger partial charge in [-0.1, -0.05) is 11.3 Å². The first-order valence-electron chi connectivity index (χ1n) is 2.56. The van der Waals surface area contributed by atoms with Crippen LogP contribution in [0, 0.1) is 0 Å². The zero-order valence-corrected chi connectivity index (χ0v) is 7.93. The lowest BCUT2D eigenvalue weighted by atomic mass is 10.7. The molecule has 0 atom stereocenters. The van der Waals surface area contributed by atoms with Crippen molar-refractivity contribution in [2.24, 2.45) is 0 Å². The van der Waals surface area contributed by atoms with E-state index in [0.717, 1.165) is 0 Å². The third-order valence-corrected chi connectivity index (χ3v) is 3.41. The van der Waals surface area contributed by atoms with Gasteiger partial charge in [-0.05, 0) is 11.8 Å². The molecule has 0 radical (unpaired) electrons. The predicted molar refractivity (Wildman–Crippen MR) is 35.2 cm³/mol. The Hall–Kier alpha value is 0.460. The van der Waals surface area contributed by atoms with E-state index >= 15 is 0 Å². The molecule has 0 aliphatic carbocycles. The number of aromatic nitrogens is 1. The molecule has 0 N–H and O–H groups in total. The van der Waals surface area contributed by atoms with Crippen molar-refractivity contribution in [2.45, 2.75) is 10.9 Å². The van der Waals surface area contributed by atoms with Crippen LogP contribution in [0.2, 0.25) is 0 Å². The second-order valence-electron chi connectivity index (χ2n) is 1.71. The fraction of sp³-hybridized carbons (Fsp3) is 0.400. The largest absolute Gasteiger partial charge is 1.00 e. The molecule has 1 aliphatic rings. The summed E-state index contributed by atoms with van der Waals surface area (Å²) in [6.07, 6.45) is 2.15. The quantitative estimate of drug-likeness (QED) is 0.468. The first-order valence-corrected chi connectivity index (χ1v) is 4.43. The fourth-order valence-electron chi connectivity index (χ4n) is 0.805. The molecule has 0 amide bonds. The number of halogens is 1. The Morgan fingerprint density at radius 1 is 1.56 bits per heavy atom. The number of thiazole rings is 1. The number of rotatable bonds is 0. The first kappa shape index (κ1) is 7.57. The highest BCUT2D eigenvalue weighted by Crippen LogP contribution is 2.22. The maximum atomic E-state index is 2.30. The molecular weight excluding hydrogens is 218 g/mol. The molecule has 2 heterocycles. The molecule has 0 bridgehead atoms. The monoisotopic (exact) mass is 223 g/mol. The number of hydrogen-bond acceptors (Lipinski definition) is 2. The van der Waals surface area contributed by atoms with Crippen LogP contribution in [0.3, 0.4) is 0 Å². The van der Waals surface area contributed by atoms with Crippen LogP contribution >= 0.6 is 23.1 Å². The van der Waals surface area contributed by atoms with Gasteiger partial charge in [-0.25, -0.2) is 0 Å². The van der Waals surface area contributed by atoms with Crippen molar-refractivity contribution in [3.63, 3.8) is 0 Å². The Labute approximate surface area is 72.9 Å². The summed E-state index contributed by atoms with van der Waals surface area (Å²) in [7, 11) is 0. The second-order valence-corrected chi connectivity index (χ2v) is 3.95. The summed E-state index contributed by atoms with van der Waals surface area (Å²) in [6.45, 7) is 1.21. The molecule has 0 aromatic carbocycles. The molecule has 4 heteroatoms. The third kappa shape index (κ3) is 1.30. The van der Waals surface area contributed by atoms with Gasteiger partial charge in [0, 0.05) is 0 Å². The van der Waals surface area contributed by atoms with Crippen molar-refractivity contribution in [1.29, 1.82) is 0 Å². The summed E-state index contributed by atoms with van der Waals surface area (Å²) in [5, 5.41) is 2.14. The zero-order chi connectivity index (χ0) is 5.40. The first-order chi connectivity index (χ1) is 3.97. The molecule has 1 aromatic heterocycles. The molecule has 0 saturated carbocycles. The van der Waals surface area contributed by atoms with E-state index in [0.29, 0.717) is 0 Å². The molecular formula is C5H6BrNS2. The highest BCUT2D eigenvalue weighted by Gasteiger charge is 2.19. The Balaban J connectivity index is 0.000000405. The minimum absolute atomic E-state index is 0. The number of hydrogen-bond donors (Lipinski definition) is 0. The lowest BCUT2D eigenvalue weighted by Gasteiger charge is -1.73. The molecule has 0 unspecified atom stereocenters. The van der Waals surface area contributed by atoms with E-state index in [1.807, 2.05) is 23.1 Å². The van der Waals surface area contributed by atoms with E-state index in [-0.39, 0.29) is 17.0 Å². The van der Waals surface area contributed by atoms with E-state index in [1.165, 1.54) is 16.6 Å². The molecule has 0 saturated heterocycles. The number of thioether (sulfide) groups is 1. The van der Waals surface area contributed by atoms with Gasteiger partial charge in [-0.15, -0.1) is 0 Å². The van der Waals surface area contributed by atoms with E-state index in [2.05, 4.69) is 16.1 Å². The minimum atomic E-state index is 0. The van der Waals surface area contributed by atoms with E-state index in [9.17, 15) is 0 Å². The maximum Gasteiger partial charge on any atom is 0.297 e. The molecule has 2 rings (SSSR count). The highest BCUT2D eigenvalue weighted by molar-refractivity contribution is 8.00. The topological polar surface area (TPSA) is 3.88 Å². The van der Waals surface area contributed by atoms with Crippen molar-refractivity contribution in [3.05, 3.63) is 11.6 Å². The molecule has 0 spiro atoms. The Morgan fingerprint density at radius 3 is 3.22 bits per heavy atom. The average Bonchev–Trinajstić information content (AvgIpc) is 2.15. The van der Waals surface area contributed by atoms with Crippen molar-refractivity contribution >= 4 is 23.1 Å². The normalized spacial score (nSPS) is 14.7. The lowest BCUT2D eigenvalue weighted by molar-refractivity contribution is -0.716. The second kappa shape index (κ2) is 3.03. The molecule has 9 heavy (non-hydrogen) atoms. The van der Waals surface area contributed by atoms with Crippen molar-refractivity contribution in [1.82, 2.24) is 0 Å². The molecule has 1 aliphatic heterocycles. The van der Waals surface area contributed by atoms with Gasteiger partial charge >= 0.3 is 0 Å². The third-order valence-electron chi connectivity index (χ3n) is 1.20. The van der Waals surface area contributed by atoms with Crippen LogP contribution in [0.5, 0.6) is 0 Å². The summed E-state index contributed by atoms with van der Waals surface area (Å²) in [6, 6.07) is 0. The van der Waals surface area contributed by atoms with Gasteiger partial charge in [-0.2, -0.15) is 4.57 Å². The van der Waals surface area contributed by atoms with Gasteiger partial charge < -0.3 is 17.0 Å². The van der Waals surface area contributed by atoms with Gasteiger partial charge in [0.15, 0.2) is 12.7 Å². The Bertz CT molecular complexity index is 180. The predicted octanol–water partition coefficient (Wildman–Crippen LogP) is -1.85. The number of fused-ring (bicyclic) bond motifs is 1. The SMILES string of the molecule is [Br-].c1c[n+]2c(s1)SCC2. The summed E-state index contributed by atoms with van der Waals surface area (Å²) >= 11 is 3.79. The number of nitrogens with zero attached hydrogens (tertiary/aromatic N) is 1. The van der Waals surface area contributed by atoms with Crippen LogP contribution in [-0.4, -0.2) is 5.75 Å².